The van der Waals surface area contributed by atoms with E-state index in [0.29, 0.717) is 23.6 Å². The monoisotopic (exact) mass is 243 g/mol. The van der Waals surface area contributed by atoms with E-state index in [4.69, 9.17) is 5.21 Å². The number of hydrogen-bond donors (Lipinski definition) is 2. The van der Waals surface area contributed by atoms with Crippen LogP contribution in [0.5, 0.6) is 5.75 Å². The summed E-state index contributed by atoms with van der Waals surface area (Å²) in [6, 6.07) is 11.3. The second kappa shape index (κ2) is 5.08. The zero-order valence-corrected chi connectivity index (χ0v) is 10.6. The maximum absolute atomic E-state index is 10.3. The van der Waals surface area contributed by atoms with E-state index >= 15 is 0 Å². The molecule has 0 saturated heterocycles. The third-order valence-corrected chi connectivity index (χ3v) is 2.93. The number of aromatic hydroxyl groups is 1. The minimum absolute atomic E-state index is 0.182. The first-order valence-corrected chi connectivity index (χ1v) is 6.05. The standard InChI is InChI=1S/C15H17NO2/c1-10(2)9-14(16-18)13-8-7-11-5-3-4-6-12(11)15(13)17/h3-8,10,17-18H,9H2,1-2H3/b16-14-. The molecule has 0 fully saturated rings. The van der Waals surface area contributed by atoms with Crippen LogP contribution in [-0.4, -0.2) is 16.0 Å². The molecular formula is C15H17NO2. The highest BCUT2D eigenvalue weighted by Gasteiger charge is 2.13. The lowest BCUT2D eigenvalue weighted by molar-refractivity contribution is 0.316. The van der Waals surface area contributed by atoms with Gasteiger partial charge in [-0.1, -0.05) is 49.3 Å². The summed E-state index contributed by atoms with van der Waals surface area (Å²) < 4.78 is 0. The lowest BCUT2D eigenvalue weighted by atomic mass is 9.97. The molecule has 2 aromatic rings. The summed E-state index contributed by atoms with van der Waals surface area (Å²) >= 11 is 0. The van der Waals surface area contributed by atoms with E-state index in [1.54, 1.807) is 6.07 Å². The van der Waals surface area contributed by atoms with Gasteiger partial charge in [-0.15, -0.1) is 0 Å². The second-order valence-electron chi connectivity index (χ2n) is 4.83. The first-order valence-electron chi connectivity index (χ1n) is 6.05. The van der Waals surface area contributed by atoms with Crippen molar-refractivity contribution in [3.05, 3.63) is 42.0 Å². The summed E-state index contributed by atoms with van der Waals surface area (Å²) in [5.41, 5.74) is 1.12. The molecule has 0 spiro atoms. The summed E-state index contributed by atoms with van der Waals surface area (Å²) in [4.78, 5) is 0. The van der Waals surface area contributed by atoms with Crippen molar-refractivity contribution in [1.82, 2.24) is 0 Å². The molecule has 0 unspecified atom stereocenters. The fraction of sp³-hybridized carbons (Fsp3) is 0.267. The van der Waals surface area contributed by atoms with Crippen LogP contribution in [0.3, 0.4) is 0 Å². The largest absolute Gasteiger partial charge is 0.507 e. The molecule has 18 heavy (non-hydrogen) atoms. The molecule has 94 valence electrons. The topological polar surface area (TPSA) is 52.8 Å². The number of rotatable bonds is 3. The summed E-state index contributed by atoms with van der Waals surface area (Å²) in [6.45, 7) is 4.09. The Morgan fingerprint density at radius 1 is 1.17 bits per heavy atom. The molecule has 0 heterocycles. The van der Waals surface area contributed by atoms with Crippen molar-refractivity contribution in [1.29, 1.82) is 0 Å². The molecule has 3 heteroatoms. The molecule has 0 aromatic heterocycles. The predicted octanol–water partition coefficient (Wildman–Crippen LogP) is 3.77. The lowest BCUT2D eigenvalue weighted by Crippen LogP contribution is -2.05. The molecule has 0 saturated carbocycles. The van der Waals surface area contributed by atoms with E-state index < -0.39 is 0 Å². The second-order valence-corrected chi connectivity index (χ2v) is 4.83. The van der Waals surface area contributed by atoms with Gasteiger partial charge in [0, 0.05) is 10.9 Å². The van der Waals surface area contributed by atoms with Crippen LogP contribution in [0.4, 0.5) is 0 Å². The van der Waals surface area contributed by atoms with Crippen LogP contribution in [-0.2, 0) is 0 Å². The van der Waals surface area contributed by atoms with Crippen molar-refractivity contribution in [3.8, 4) is 5.75 Å². The van der Waals surface area contributed by atoms with E-state index in [1.165, 1.54) is 0 Å². The minimum Gasteiger partial charge on any atom is -0.507 e. The van der Waals surface area contributed by atoms with Gasteiger partial charge in [-0.3, -0.25) is 0 Å². The molecule has 0 amide bonds. The molecule has 3 nitrogen and oxygen atoms in total. The van der Waals surface area contributed by atoms with Crippen LogP contribution in [0, 0.1) is 5.92 Å². The van der Waals surface area contributed by atoms with Gasteiger partial charge in [-0.2, -0.15) is 0 Å². The van der Waals surface area contributed by atoms with E-state index in [9.17, 15) is 5.11 Å². The van der Waals surface area contributed by atoms with Crippen molar-refractivity contribution in [3.63, 3.8) is 0 Å². The van der Waals surface area contributed by atoms with Crippen molar-refractivity contribution in [2.24, 2.45) is 11.1 Å². The first kappa shape index (κ1) is 12.4. The third-order valence-electron chi connectivity index (χ3n) is 2.93. The van der Waals surface area contributed by atoms with Crippen LogP contribution in [0.15, 0.2) is 41.6 Å². The smallest absolute Gasteiger partial charge is 0.132 e. The van der Waals surface area contributed by atoms with Gasteiger partial charge in [0.1, 0.15) is 5.75 Å². The van der Waals surface area contributed by atoms with Gasteiger partial charge in [-0.05, 0) is 23.8 Å². The van der Waals surface area contributed by atoms with Gasteiger partial charge in [0.25, 0.3) is 0 Å². The number of hydrogen-bond acceptors (Lipinski definition) is 3. The van der Waals surface area contributed by atoms with Crippen LogP contribution in [0.1, 0.15) is 25.8 Å². The zero-order chi connectivity index (χ0) is 13.1. The highest BCUT2D eigenvalue weighted by Crippen LogP contribution is 2.30. The molecule has 0 atom stereocenters. The average molecular weight is 243 g/mol. The SMILES string of the molecule is CC(C)C/C(=N/O)c1ccc2ccccc2c1O. The Hall–Kier alpha value is -2.03. The highest BCUT2D eigenvalue weighted by molar-refractivity contribution is 6.07. The summed E-state index contributed by atoms with van der Waals surface area (Å²) in [5, 5.41) is 24.4. The third kappa shape index (κ3) is 2.30. The molecule has 2 rings (SSSR count). The van der Waals surface area contributed by atoms with E-state index in [-0.39, 0.29) is 5.75 Å². The lowest BCUT2D eigenvalue weighted by Gasteiger charge is -2.11. The molecule has 2 aromatic carbocycles. The van der Waals surface area contributed by atoms with Gasteiger partial charge in [0.05, 0.1) is 5.71 Å². The number of nitrogens with zero attached hydrogens (tertiary/aromatic N) is 1. The number of phenolic OH excluding ortho intramolecular Hbond substituents is 1. The van der Waals surface area contributed by atoms with Crippen LogP contribution in [0.2, 0.25) is 0 Å². The number of phenols is 1. The fourth-order valence-electron chi connectivity index (χ4n) is 2.08. The van der Waals surface area contributed by atoms with E-state index in [2.05, 4.69) is 5.16 Å². The maximum atomic E-state index is 10.3. The molecule has 0 aliphatic carbocycles. The maximum Gasteiger partial charge on any atom is 0.132 e. The van der Waals surface area contributed by atoms with Gasteiger partial charge in [0.15, 0.2) is 0 Å². The summed E-state index contributed by atoms with van der Waals surface area (Å²) in [6.07, 6.45) is 0.627. The molecule has 0 bridgehead atoms. The highest BCUT2D eigenvalue weighted by atomic mass is 16.4. The minimum atomic E-state index is 0.182. The summed E-state index contributed by atoms with van der Waals surface area (Å²) in [7, 11) is 0. The Balaban J connectivity index is 2.54. The van der Waals surface area contributed by atoms with Crippen molar-refractivity contribution < 1.29 is 10.3 Å². The normalized spacial score (nSPS) is 12.3. The Morgan fingerprint density at radius 2 is 1.89 bits per heavy atom. The Bertz CT molecular complexity index is 588. The van der Waals surface area contributed by atoms with Crippen LogP contribution >= 0.6 is 0 Å². The molecule has 0 radical (unpaired) electrons. The predicted molar refractivity (Wildman–Crippen MR) is 73.4 cm³/mol. The number of benzene rings is 2. The van der Waals surface area contributed by atoms with E-state index in [1.807, 2.05) is 44.2 Å². The van der Waals surface area contributed by atoms with Crippen molar-refractivity contribution in [2.45, 2.75) is 20.3 Å². The van der Waals surface area contributed by atoms with Crippen LogP contribution < -0.4 is 0 Å². The van der Waals surface area contributed by atoms with Gasteiger partial charge in [0.2, 0.25) is 0 Å². The van der Waals surface area contributed by atoms with Gasteiger partial charge < -0.3 is 10.3 Å². The number of fused-ring (bicyclic) bond motifs is 1. The van der Waals surface area contributed by atoms with Gasteiger partial charge >= 0.3 is 0 Å². The average Bonchev–Trinajstić information content (AvgIpc) is 2.37. The van der Waals surface area contributed by atoms with Crippen LogP contribution in [0.25, 0.3) is 10.8 Å². The van der Waals surface area contributed by atoms with E-state index in [0.717, 1.165) is 10.8 Å². The quantitative estimate of drug-likeness (QED) is 0.490. The molecule has 0 aliphatic rings. The van der Waals surface area contributed by atoms with Crippen molar-refractivity contribution >= 4 is 16.5 Å². The summed E-state index contributed by atoms with van der Waals surface area (Å²) in [5.74, 6) is 0.545. The number of oxime groups is 1. The molecular weight excluding hydrogens is 226 g/mol. The molecule has 2 N–H and O–H groups in total. The zero-order valence-electron chi connectivity index (χ0n) is 10.6. The Kier molecular flexibility index (Phi) is 3.51. The van der Waals surface area contributed by atoms with Crippen molar-refractivity contribution in [2.75, 3.05) is 0 Å². The Labute approximate surface area is 106 Å². The first-order chi connectivity index (χ1) is 8.63. The molecule has 0 aliphatic heterocycles. The Morgan fingerprint density at radius 3 is 2.56 bits per heavy atom. The van der Waals surface area contributed by atoms with Gasteiger partial charge in [-0.25, -0.2) is 0 Å². The fourth-order valence-corrected chi connectivity index (χ4v) is 2.08.